The number of methoxy groups -OCH3 is 2. The number of carbonyl (C=O) groups excluding carboxylic acids is 2. The number of benzene rings is 2. The van der Waals surface area contributed by atoms with Gasteiger partial charge in [0.2, 0.25) is 0 Å². The Balaban J connectivity index is 1.90. The maximum atomic E-state index is 12.2. The van der Waals surface area contributed by atoms with Gasteiger partial charge < -0.3 is 14.8 Å². The summed E-state index contributed by atoms with van der Waals surface area (Å²) in [5.74, 6) is 0.140. The lowest BCUT2D eigenvalue weighted by Crippen LogP contribution is -2.35. The van der Waals surface area contributed by atoms with Gasteiger partial charge in [-0.25, -0.2) is 5.43 Å². The second-order valence-corrected chi connectivity index (χ2v) is 5.85. The molecule has 0 saturated heterocycles. The molecule has 0 aliphatic heterocycles. The lowest BCUT2D eigenvalue weighted by molar-refractivity contribution is -0.120. The molecule has 0 radical (unpaired) electrons. The summed E-state index contributed by atoms with van der Waals surface area (Å²) < 4.78 is 10.3. The van der Waals surface area contributed by atoms with Gasteiger partial charge in [0.05, 0.1) is 26.5 Å². The number of hydrogen-bond donors (Lipinski definition) is 2. The van der Waals surface area contributed by atoms with Crippen LogP contribution in [0, 0.1) is 6.92 Å². The molecule has 2 N–H and O–H groups in total. The quantitative estimate of drug-likeness (QED) is 0.579. The lowest BCUT2D eigenvalue weighted by Gasteiger charge is -2.10. The van der Waals surface area contributed by atoms with Crippen molar-refractivity contribution in [1.29, 1.82) is 0 Å². The number of ether oxygens (including phenoxy) is 2. The van der Waals surface area contributed by atoms with Crippen LogP contribution in [0.4, 0.5) is 0 Å². The smallest absolute Gasteiger partial charge is 0.259 e. The van der Waals surface area contributed by atoms with Crippen LogP contribution >= 0.6 is 0 Å². The van der Waals surface area contributed by atoms with Crippen molar-refractivity contribution in [3.8, 4) is 11.5 Å². The molecule has 0 aromatic heterocycles. The molecule has 0 heterocycles. The summed E-state index contributed by atoms with van der Waals surface area (Å²) in [5, 5.41) is 6.60. The van der Waals surface area contributed by atoms with Crippen molar-refractivity contribution in [2.45, 2.75) is 13.8 Å². The van der Waals surface area contributed by atoms with Crippen LogP contribution in [0.5, 0.6) is 11.5 Å². The summed E-state index contributed by atoms with van der Waals surface area (Å²) >= 11 is 0. The fraction of sp³-hybridized carbons (Fsp3) is 0.250. The minimum absolute atomic E-state index is 0.197. The van der Waals surface area contributed by atoms with Crippen molar-refractivity contribution in [3.05, 3.63) is 59.2 Å². The van der Waals surface area contributed by atoms with Crippen LogP contribution in [0.15, 0.2) is 47.6 Å². The number of nitrogens with one attached hydrogen (secondary N) is 2. The van der Waals surface area contributed by atoms with E-state index in [0.29, 0.717) is 22.8 Å². The highest BCUT2D eigenvalue weighted by Crippen LogP contribution is 2.27. The Morgan fingerprint density at radius 3 is 2.22 bits per heavy atom. The van der Waals surface area contributed by atoms with Crippen molar-refractivity contribution < 1.29 is 19.1 Å². The number of hydrogen-bond acceptors (Lipinski definition) is 5. The minimum Gasteiger partial charge on any atom is -0.493 e. The van der Waals surface area contributed by atoms with Gasteiger partial charge in [-0.2, -0.15) is 5.10 Å². The van der Waals surface area contributed by atoms with Crippen molar-refractivity contribution in [1.82, 2.24) is 10.7 Å². The fourth-order valence-electron chi connectivity index (χ4n) is 2.29. The third kappa shape index (κ3) is 5.57. The molecule has 142 valence electrons. The Labute approximate surface area is 158 Å². The second kappa shape index (κ2) is 9.38. The molecule has 0 atom stereocenters. The molecular weight excluding hydrogens is 346 g/mol. The van der Waals surface area contributed by atoms with E-state index < -0.39 is 11.8 Å². The fourth-order valence-corrected chi connectivity index (χ4v) is 2.29. The van der Waals surface area contributed by atoms with Crippen LogP contribution in [0.1, 0.15) is 28.4 Å². The highest BCUT2D eigenvalue weighted by atomic mass is 16.5. The first-order chi connectivity index (χ1) is 12.9. The predicted molar refractivity (Wildman–Crippen MR) is 103 cm³/mol. The summed E-state index contributed by atoms with van der Waals surface area (Å²) in [6.45, 7) is 3.60. The summed E-state index contributed by atoms with van der Waals surface area (Å²) in [4.78, 5) is 24.1. The molecule has 0 bridgehead atoms. The Bertz CT molecular complexity index is 845. The van der Waals surface area contributed by atoms with E-state index in [4.69, 9.17) is 9.47 Å². The van der Waals surface area contributed by atoms with Crippen molar-refractivity contribution in [3.63, 3.8) is 0 Å². The number of amides is 2. The van der Waals surface area contributed by atoms with E-state index in [1.807, 2.05) is 31.2 Å². The van der Waals surface area contributed by atoms with E-state index in [2.05, 4.69) is 15.8 Å². The normalized spacial score (nSPS) is 10.9. The Hall–Kier alpha value is -3.35. The first kappa shape index (κ1) is 20.0. The van der Waals surface area contributed by atoms with Crippen molar-refractivity contribution in [2.75, 3.05) is 20.8 Å². The molecule has 7 heteroatoms. The van der Waals surface area contributed by atoms with Crippen LogP contribution in [-0.4, -0.2) is 38.3 Å². The van der Waals surface area contributed by atoms with Gasteiger partial charge in [-0.15, -0.1) is 0 Å². The monoisotopic (exact) mass is 369 g/mol. The average molecular weight is 369 g/mol. The van der Waals surface area contributed by atoms with Crippen LogP contribution in [0.2, 0.25) is 0 Å². The molecule has 0 unspecified atom stereocenters. The molecule has 0 spiro atoms. The van der Waals surface area contributed by atoms with Crippen LogP contribution in [-0.2, 0) is 4.79 Å². The molecule has 0 fully saturated rings. The van der Waals surface area contributed by atoms with E-state index in [9.17, 15) is 9.59 Å². The Morgan fingerprint density at radius 1 is 0.963 bits per heavy atom. The van der Waals surface area contributed by atoms with E-state index in [-0.39, 0.29) is 6.54 Å². The Kier molecular flexibility index (Phi) is 6.93. The molecule has 0 saturated carbocycles. The average Bonchev–Trinajstić information content (AvgIpc) is 2.70. The van der Waals surface area contributed by atoms with E-state index in [1.165, 1.54) is 14.2 Å². The molecule has 0 aliphatic rings. The SMILES string of the molecule is COc1ccc(C(=O)NCC(=O)NN=C(C)c2ccc(C)cc2)cc1OC. The first-order valence-electron chi connectivity index (χ1n) is 8.35. The van der Waals surface area contributed by atoms with Gasteiger partial charge in [-0.3, -0.25) is 9.59 Å². The largest absolute Gasteiger partial charge is 0.493 e. The molecule has 2 aromatic rings. The zero-order valence-corrected chi connectivity index (χ0v) is 15.8. The summed E-state index contributed by atoms with van der Waals surface area (Å²) in [5.41, 5.74) is 5.53. The number of carbonyl (C=O) groups is 2. The van der Waals surface area contributed by atoms with Crippen LogP contribution in [0.3, 0.4) is 0 Å². The van der Waals surface area contributed by atoms with Crippen LogP contribution in [0.25, 0.3) is 0 Å². The molecule has 0 aliphatic carbocycles. The zero-order chi connectivity index (χ0) is 19.8. The van der Waals surface area contributed by atoms with Gasteiger partial charge in [0.15, 0.2) is 11.5 Å². The second-order valence-electron chi connectivity index (χ2n) is 5.85. The van der Waals surface area contributed by atoms with Crippen molar-refractivity contribution >= 4 is 17.5 Å². The molecule has 2 rings (SSSR count). The maximum Gasteiger partial charge on any atom is 0.259 e. The minimum atomic E-state index is -0.421. The number of aryl methyl sites for hydroxylation is 1. The standard InChI is InChI=1S/C20H23N3O4/c1-13-5-7-15(8-6-13)14(2)22-23-19(24)12-21-20(25)16-9-10-17(26-3)18(11-16)27-4/h5-11H,12H2,1-4H3,(H,21,25)(H,23,24). The van der Waals surface area contributed by atoms with Gasteiger partial charge in [0, 0.05) is 5.56 Å². The molecule has 7 nitrogen and oxygen atoms in total. The summed E-state index contributed by atoms with van der Waals surface area (Å²) in [6.07, 6.45) is 0. The molecular formula is C20H23N3O4. The Morgan fingerprint density at radius 2 is 1.59 bits per heavy atom. The van der Waals surface area contributed by atoms with Gasteiger partial charge in [0.25, 0.3) is 11.8 Å². The highest BCUT2D eigenvalue weighted by Gasteiger charge is 2.11. The lowest BCUT2D eigenvalue weighted by atomic mass is 10.1. The third-order valence-corrected chi connectivity index (χ3v) is 3.87. The van der Waals surface area contributed by atoms with Gasteiger partial charge in [-0.1, -0.05) is 29.8 Å². The highest BCUT2D eigenvalue weighted by molar-refractivity contribution is 6.00. The van der Waals surface area contributed by atoms with E-state index in [1.54, 1.807) is 25.1 Å². The van der Waals surface area contributed by atoms with E-state index >= 15 is 0 Å². The number of hydrazone groups is 1. The number of nitrogens with zero attached hydrogens (tertiary/aromatic N) is 1. The van der Waals surface area contributed by atoms with Crippen LogP contribution < -0.4 is 20.2 Å². The molecule has 27 heavy (non-hydrogen) atoms. The van der Waals surface area contributed by atoms with E-state index in [0.717, 1.165) is 11.1 Å². The first-order valence-corrected chi connectivity index (χ1v) is 8.35. The molecule has 2 aromatic carbocycles. The summed E-state index contributed by atoms with van der Waals surface area (Å²) in [7, 11) is 3.00. The summed E-state index contributed by atoms with van der Waals surface area (Å²) in [6, 6.07) is 12.6. The van der Waals surface area contributed by atoms with Gasteiger partial charge in [0.1, 0.15) is 0 Å². The van der Waals surface area contributed by atoms with Gasteiger partial charge in [-0.05, 0) is 37.6 Å². The maximum absolute atomic E-state index is 12.2. The van der Waals surface area contributed by atoms with Gasteiger partial charge >= 0.3 is 0 Å². The number of rotatable bonds is 7. The van der Waals surface area contributed by atoms with Crippen molar-refractivity contribution in [2.24, 2.45) is 5.10 Å². The third-order valence-electron chi connectivity index (χ3n) is 3.87. The topological polar surface area (TPSA) is 89.0 Å². The zero-order valence-electron chi connectivity index (χ0n) is 15.8. The molecule has 2 amide bonds. The predicted octanol–water partition coefficient (Wildman–Crippen LogP) is 2.28.